The summed E-state index contributed by atoms with van der Waals surface area (Å²) < 4.78 is 5.03. The number of nitrogens with two attached hydrogens (primary N) is 1. The molecule has 0 saturated carbocycles. The highest BCUT2D eigenvalue weighted by molar-refractivity contribution is 6.43. The zero-order valence-corrected chi connectivity index (χ0v) is 11.0. The summed E-state index contributed by atoms with van der Waals surface area (Å²) in [4.78, 5) is 0. The summed E-state index contributed by atoms with van der Waals surface area (Å²) in [5, 5.41) is 4.91. The summed E-state index contributed by atoms with van der Waals surface area (Å²) in [5.41, 5.74) is 8.01. The lowest BCUT2D eigenvalue weighted by Crippen LogP contribution is -1.95. The van der Waals surface area contributed by atoms with Gasteiger partial charge in [0.15, 0.2) is 0 Å². The van der Waals surface area contributed by atoms with Crippen LogP contribution >= 0.6 is 23.2 Å². The van der Waals surface area contributed by atoms with E-state index in [4.69, 9.17) is 33.5 Å². The molecule has 0 atom stereocenters. The van der Waals surface area contributed by atoms with Gasteiger partial charge in [0.1, 0.15) is 5.69 Å². The van der Waals surface area contributed by atoms with Crippen LogP contribution in [0.5, 0.6) is 0 Å². The van der Waals surface area contributed by atoms with E-state index >= 15 is 0 Å². The maximum atomic E-state index is 6.16. The summed E-state index contributed by atoms with van der Waals surface area (Å²) >= 11 is 12.1. The van der Waals surface area contributed by atoms with Crippen molar-refractivity contribution in [3.63, 3.8) is 0 Å². The van der Waals surface area contributed by atoms with Crippen molar-refractivity contribution in [1.29, 1.82) is 0 Å². The molecule has 3 nitrogen and oxygen atoms in total. The van der Waals surface area contributed by atoms with Crippen molar-refractivity contribution in [1.82, 2.24) is 5.16 Å². The van der Waals surface area contributed by atoms with Gasteiger partial charge in [-0.1, -0.05) is 54.3 Å². The molecule has 0 fully saturated rings. The number of nitrogen functional groups attached to an aromatic ring is 1. The molecule has 1 heterocycles. The quantitative estimate of drug-likeness (QED) is 0.883. The fourth-order valence-corrected chi connectivity index (χ4v) is 2.14. The first-order valence-electron chi connectivity index (χ1n) is 5.21. The van der Waals surface area contributed by atoms with Gasteiger partial charge in [-0.05, 0) is 12.0 Å². The first kappa shape index (κ1) is 12.3. The van der Waals surface area contributed by atoms with Crippen LogP contribution in [0.2, 0.25) is 10.0 Å². The maximum absolute atomic E-state index is 6.16. The van der Waals surface area contributed by atoms with Gasteiger partial charge in [0.25, 0.3) is 0 Å². The fraction of sp³-hybridized carbons (Fsp3) is 0.250. The predicted molar refractivity (Wildman–Crippen MR) is 70.5 cm³/mol. The average molecular weight is 271 g/mol. The van der Waals surface area contributed by atoms with Crippen molar-refractivity contribution >= 4 is 29.1 Å². The molecule has 0 aliphatic heterocycles. The molecule has 0 amide bonds. The van der Waals surface area contributed by atoms with Crippen molar-refractivity contribution in [3.8, 4) is 11.3 Å². The first-order chi connectivity index (χ1) is 8.02. The van der Waals surface area contributed by atoms with Gasteiger partial charge in [-0.15, -0.1) is 0 Å². The average Bonchev–Trinajstić information content (AvgIpc) is 2.64. The highest BCUT2D eigenvalue weighted by Gasteiger charge is 2.20. The minimum Gasteiger partial charge on any atom is -0.367 e. The van der Waals surface area contributed by atoms with Crippen LogP contribution in [0.3, 0.4) is 0 Å². The molecule has 0 aliphatic carbocycles. The summed E-state index contributed by atoms with van der Waals surface area (Å²) in [6, 6.07) is 5.39. The Balaban J connectivity index is 2.65. The Kier molecular flexibility index (Phi) is 3.31. The van der Waals surface area contributed by atoms with E-state index in [1.165, 1.54) is 0 Å². The van der Waals surface area contributed by atoms with Crippen LogP contribution in [-0.4, -0.2) is 5.16 Å². The molecule has 1 aromatic heterocycles. The molecule has 1 aromatic carbocycles. The molecule has 17 heavy (non-hydrogen) atoms. The van der Waals surface area contributed by atoms with E-state index in [1.807, 2.05) is 26.0 Å². The molecule has 2 N–H and O–H groups in total. The molecule has 0 aliphatic rings. The smallest absolute Gasteiger partial charge is 0.226 e. The third-order valence-electron chi connectivity index (χ3n) is 2.54. The minimum atomic E-state index is 0.200. The van der Waals surface area contributed by atoms with E-state index in [0.29, 0.717) is 21.6 Å². The molecule has 0 spiro atoms. The van der Waals surface area contributed by atoms with E-state index < -0.39 is 0 Å². The normalized spacial score (nSPS) is 11.1. The van der Waals surface area contributed by atoms with Gasteiger partial charge in [-0.25, -0.2) is 0 Å². The number of halogens is 2. The van der Waals surface area contributed by atoms with Crippen LogP contribution in [0.4, 0.5) is 5.88 Å². The molecular formula is C12H12Cl2N2O. The van der Waals surface area contributed by atoms with Gasteiger partial charge in [-0.3, -0.25) is 0 Å². The van der Waals surface area contributed by atoms with Crippen LogP contribution in [-0.2, 0) is 0 Å². The second-order valence-electron chi connectivity index (χ2n) is 4.07. The molecule has 0 unspecified atom stereocenters. The number of anilines is 1. The van der Waals surface area contributed by atoms with Crippen molar-refractivity contribution < 1.29 is 4.52 Å². The second-order valence-corrected chi connectivity index (χ2v) is 4.85. The summed E-state index contributed by atoms with van der Waals surface area (Å²) in [6.07, 6.45) is 0. The Morgan fingerprint density at radius 3 is 2.65 bits per heavy atom. The number of benzene rings is 1. The van der Waals surface area contributed by atoms with E-state index in [1.54, 1.807) is 6.07 Å². The highest BCUT2D eigenvalue weighted by atomic mass is 35.5. The third-order valence-corrected chi connectivity index (χ3v) is 3.36. The van der Waals surface area contributed by atoms with E-state index in [9.17, 15) is 0 Å². The van der Waals surface area contributed by atoms with Crippen molar-refractivity contribution in [2.45, 2.75) is 19.8 Å². The van der Waals surface area contributed by atoms with Gasteiger partial charge in [0.05, 0.1) is 10.0 Å². The van der Waals surface area contributed by atoms with Crippen molar-refractivity contribution in [2.75, 3.05) is 5.73 Å². The number of rotatable bonds is 2. The SMILES string of the molecule is CC(C)c1c(-c2cccc(Cl)c2Cl)noc1N. The molecule has 90 valence electrons. The Bertz CT molecular complexity index is 549. The molecular weight excluding hydrogens is 259 g/mol. The molecule has 0 saturated heterocycles. The van der Waals surface area contributed by atoms with E-state index in [-0.39, 0.29) is 5.92 Å². The Morgan fingerprint density at radius 1 is 1.29 bits per heavy atom. The van der Waals surface area contributed by atoms with Crippen molar-refractivity contribution in [3.05, 3.63) is 33.8 Å². The minimum absolute atomic E-state index is 0.200. The van der Waals surface area contributed by atoms with Crippen LogP contribution in [0.15, 0.2) is 22.7 Å². The standard InChI is InChI=1S/C12H12Cl2N2O/c1-6(2)9-11(16-17-12(9)15)7-4-3-5-8(13)10(7)14/h3-6H,15H2,1-2H3. The topological polar surface area (TPSA) is 52.0 Å². The van der Waals surface area contributed by atoms with Gasteiger partial charge in [0, 0.05) is 11.1 Å². The fourth-order valence-electron chi connectivity index (χ4n) is 1.75. The maximum Gasteiger partial charge on any atom is 0.226 e. The number of nitrogens with zero attached hydrogens (tertiary/aromatic N) is 1. The van der Waals surface area contributed by atoms with Crippen LogP contribution in [0.25, 0.3) is 11.3 Å². The number of hydrogen-bond donors (Lipinski definition) is 1. The zero-order chi connectivity index (χ0) is 12.6. The first-order valence-corrected chi connectivity index (χ1v) is 5.97. The summed E-state index contributed by atoms with van der Waals surface area (Å²) in [5.74, 6) is 0.525. The van der Waals surface area contributed by atoms with Gasteiger partial charge in [0.2, 0.25) is 5.88 Å². The lowest BCUT2D eigenvalue weighted by atomic mass is 9.99. The monoisotopic (exact) mass is 270 g/mol. The summed E-state index contributed by atoms with van der Waals surface area (Å²) in [7, 11) is 0. The van der Waals surface area contributed by atoms with E-state index in [2.05, 4.69) is 5.16 Å². The molecule has 2 rings (SSSR count). The highest BCUT2D eigenvalue weighted by Crippen LogP contribution is 2.38. The summed E-state index contributed by atoms with van der Waals surface area (Å²) in [6.45, 7) is 4.04. The molecule has 5 heteroatoms. The van der Waals surface area contributed by atoms with Crippen LogP contribution in [0.1, 0.15) is 25.3 Å². The lowest BCUT2D eigenvalue weighted by molar-refractivity contribution is 0.438. The van der Waals surface area contributed by atoms with Gasteiger partial charge < -0.3 is 10.3 Å². The van der Waals surface area contributed by atoms with Gasteiger partial charge in [-0.2, -0.15) is 0 Å². The Labute approximate surface area is 109 Å². The third kappa shape index (κ3) is 2.13. The van der Waals surface area contributed by atoms with Crippen LogP contribution < -0.4 is 5.73 Å². The van der Waals surface area contributed by atoms with E-state index in [0.717, 1.165) is 11.1 Å². The lowest BCUT2D eigenvalue weighted by Gasteiger charge is -2.07. The largest absolute Gasteiger partial charge is 0.367 e. The van der Waals surface area contributed by atoms with Crippen LogP contribution in [0, 0.1) is 0 Å². The Morgan fingerprint density at radius 2 is 2.00 bits per heavy atom. The number of aromatic nitrogens is 1. The molecule has 0 radical (unpaired) electrons. The number of hydrogen-bond acceptors (Lipinski definition) is 3. The molecule has 2 aromatic rings. The molecule has 0 bridgehead atoms. The van der Waals surface area contributed by atoms with Gasteiger partial charge >= 0.3 is 0 Å². The second kappa shape index (κ2) is 4.59. The zero-order valence-electron chi connectivity index (χ0n) is 9.50. The Hall–Kier alpha value is -1.19. The van der Waals surface area contributed by atoms with Crippen molar-refractivity contribution in [2.24, 2.45) is 0 Å². The predicted octanol–water partition coefficient (Wildman–Crippen LogP) is 4.35.